The lowest BCUT2D eigenvalue weighted by Gasteiger charge is -2.42. The third-order valence-corrected chi connectivity index (χ3v) is 5.00. The Bertz CT molecular complexity index is 713. The molecule has 2 aliphatic rings. The number of amides is 3. The summed E-state index contributed by atoms with van der Waals surface area (Å²) in [5, 5.41) is 17.5. The molecule has 0 heterocycles. The molecule has 8 heteroatoms. The summed E-state index contributed by atoms with van der Waals surface area (Å²) >= 11 is 0. The number of carbonyl (C=O) groups excluding carboxylic acids is 2. The molecular formula is C19H26N4O4. The summed E-state index contributed by atoms with van der Waals surface area (Å²) in [4.78, 5) is 37.0. The van der Waals surface area contributed by atoms with E-state index in [1.165, 1.54) is 0 Å². The molecule has 27 heavy (non-hydrogen) atoms. The topological polar surface area (TPSA) is 111 Å². The second-order valence-electron chi connectivity index (χ2n) is 7.21. The largest absolute Gasteiger partial charge is 0.480 e. The summed E-state index contributed by atoms with van der Waals surface area (Å²) in [5.74, 6) is -0.960. The predicted octanol–water partition coefficient (Wildman–Crippen LogP) is 1.64. The van der Waals surface area contributed by atoms with Gasteiger partial charge in [-0.25, -0.2) is 4.79 Å². The molecule has 0 aliphatic heterocycles. The van der Waals surface area contributed by atoms with Crippen molar-refractivity contribution in [2.24, 2.45) is 0 Å². The maximum Gasteiger partial charge on any atom is 0.319 e. The van der Waals surface area contributed by atoms with E-state index >= 15 is 0 Å². The van der Waals surface area contributed by atoms with Crippen LogP contribution in [0.3, 0.4) is 0 Å². The molecule has 3 amide bonds. The first kappa shape index (κ1) is 19.2. The van der Waals surface area contributed by atoms with Crippen molar-refractivity contribution in [1.29, 1.82) is 0 Å². The van der Waals surface area contributed by atoms with Gasteiger partial charge in [0.1, 0.15) is 0 Å². The number of likely N-dealkylation sites (N-methyl/N-ethyl adjacent to an activating group) is 1. The fraction of sp³-hybridized carbons (Fsp3) is 0.526. The van der Waals surface area contributed by atoms with Crippen molar-refractivity contribution in [2.45, 2.75) is 50.7 Å². The Morgan fingerprint density at radius 1 is 1.15 bits per heavy atom. The average molecular weight is 374 g/mol. The van der Waals surface area contributed by atoms with E-state index in [1.807, 2.05) is 11.8 Å². The Morgan fingerprint density at radius 3 is 2.52 bits per heavy atom. The van der Waals surface area contributed by atoms with E-state index in [2.05, 4.69) is 16.0 Å². The van der Waals surface area contributed by atoms with Crippen molar-refractivity contribution >= 4 is 23.6 Å². The zero-order chi connectivity index (χ0) is 19.4. The lowest BCUT2D eigenvalue weighted by molar-refractivity contribution is -0.139. The highest BCUT2D eigenvalue weighted by Crippen LogP contribution is 2.25. The molecule has 2 aliphatic carbocycles. The van der Waals surface area contributed by atoms with Gasteiger partial charge in [-0.05, 0) is 50.4 Å². The van der Waals surface area contributed by atoms with Gasteiger partial charge in [0.2, 0.25) is 0 Å². The SMILES string of the molecule is CCN(CC(=O)O)C1CC(NC(=O)Nc2cccc(C(=O)NC3CC3)c2)C1. The second-order valence-corrected chi connectivity index (χ2v) is 7.21. The van der Waals surface area contributed by atoms with Gasteiger partial charge in [-0.3, -0.25) is 14.5 Å². The number of hydrogen-bond donors (Lipinski definition) is 4. The van der Waals surface area contributed by atoms with Crippen LogP contribution >= 0.6 is 0 Å². The Balaban J connectivity index is 1.45. The summed E-state index contributed by atoms with van der Waals surface area (Å²) in [5.41, 5.74) is 1.09. The number of aliphatic carboxylic acids is 1. The van der Waals surface area contributed by atoms with Crippen LogP contribution in [0.1, 0.15) is 43.0 Å². The van der Waals surface area contributed by atoms with Crippen LogP contribution in [0.2, 0.25) is 0 Å². The molecule has 2 saturated carbocycles. The van der Waals surface area contributed by atoms with Crippen molar-refractivity contribution < 1.29 is 19.5 Å². The minimum Gasteiger partial charge on any atom is -0.480 e. The quantitative estimate of drug-likeness (QED) is 0.553. The number of nitrogens with one attached hydrogen (secondary N) is 3. The third-order valence-electron chi connectivity index (χ3n) is 5.00. The summed E-state index contributed by atoms with van der Waals surface area (Å²) in [6, 6.07) is 7.04. The smallest absolute Gasteiger partial charge is 0.319 e. The number of benzene rings is 1. The van der Waals surface area contributed by atoms with Gasteiger partial charge in [0.05, 0.1) is 6.54 Å². The molecule has 1 aromatic carbocycles. The Kier molecular flexibility index (Phi) is 5.95. The standard InChI is InChI=1S/C19H26N4O4/c1-2-23(11-17(24)25)16-9-15(10-16)22-19(27)21-14-5-3-4-12(8-14)18(26)20-13-6-7-13/h3-5,8,13,15-16H,2,6-7,9-11H2,1H3,(H,20,26)(H,24,25)(H2,21,22,27). The molecule has 0 spiro atoms. The van der Waals surface area contributed by atoms with Gasteiger partial charge in [0, 0.05) is 29.4 Å². The first-order valence-corrected chi connectivity index (χ1v) is 9.39. The van der Waals surface area contributed by atoms with Gasteiger partial charge in [0.25, 0.3) is 5.91 Å². The molecule has 0 atom stereocenters. The van der Waals surface area contributed by atoms with Gasteiger partial charge < -0.3 is 21.1 Å². The Hall–Kier alpha value is -2.61. The van der Waals surface area contributed by atoms with E-state index in [4.69, 9.17) is 5.11 Å². The molecule has 0 aromatic heterocycles. The van der Waals surface area contributed by atoms with Crippen molar-refractivity contribution in [3.8, 4) is 0 Å². The lowest BCUT2D eigenvalue weighted by atomic mass is 9.85. The van der Waals surface area contributed by atoms with E-state index < -0.39 is 5.97 Å². The number of anilines is 1. The molecule has 2 fully saturated rings. The van der Waals surface area contributed by atoms with Crippen LogP contribution in [0.15, 0.2) is 24.3 Å². The molecule has 0 bridgehead atoms. The first-order valence-electron chi connectivity index (χ1n) is 9.39. The van der Waals surface area contributed by atoms with Gasteiger partial charge in [-0.2, -0.15) is 0 Å². The monoisotopic (exact) mass is 374 g/mol. The molecule has 3 rings (SSSR count). The van der Waals surface area contributed by atoms with Crippen molar-refractivity contribution in [1.82, 2.24) is 15.5 Å². The first-order chi connectivity index (χ1) is 12.9. The number of nitrogens with zero attached hydrogens (tertiary/aromatic N) is 1. The number of carbonyl (C=O) groups is 3. The summed E-state index contributed by atoms with van der Waals surface area (Å²) < 4.78 is 0. The summed E-state index contributed by atoms with van der Waals surface area (Å²) in [6.45, 7) is 2.63. The van der Waals surface area contributed by atoms with Crippen LogP contribution in [-0.2, 0) is 4.79 Å². The lowest BCUT2D eigenvalue weighted by Crippen LogP contribution is -2.55. The van der Waals surface area contributed by atoms with Crippen LogP contribution < -0.4 is 16.0 Å². The second kappa shape index (κ2) is 8.39. The van der Waals surface area contributed by atoms with Gasteiger partial charge in [0.15, 0.2) is 0 Å². The molecule has 0 saturated heterocycles. The van der Waals surface area contributed by atoms with Crippen molar-refractivity contribution in [3.63, 3.8) is 0 Å². The van der Waals surface area contributed by atoms with E-state index in [-0.39, 0.29) is 36.6 Å². The van der Waals surface area contributed by atoms with Crippen LogP contribution in [0, 0.1) is 0 Å². The Labute approximate surface area is 158 Å². The van der Waals surface area contributed by atoms with Crippen molar-refractivity contribution in [3.05, 3.63) is 29.8 Å². The van der Waals surface area contributed by atoms with Gasteiger partial charge in [-0.1, -0.05) is 13.0 Å². The third kappa shape index (κ3) is 5.43. The molecule has 1 aromatic rings. The van der Waals surface area contributed by atoms with Crippen molar-refractivity contribution in [2.75, 3.05) is 18.4 Å². The van der Waals surface area contributed by atoms with Crippen LogP contribution in [0.4, 0.5) is 10.5 Å². The fourth-order valence-corrected chi connectivity index (χ4v) is 3.26. The van der Waals surface area contributed by atoms with E-state index in [9.17, 15) is 14.4 Å². The van der Waals surface area contributed by atoms with Gasteiger partial charge >= 0.3 is 12.0 Å². The zero-order valence-corrected chi connectivity index (χ0v) is 15.4. The summed E-state index contributed by atoms with van der Waals surface area (Å²) in [7, 11) is 0. The zero-order valence-electron chi connectivity index (χ0n) is 15.4. The average Bonchev–Trinajstić information content (AvgIpc) is 3.40. The Morgan fingerprint density at radius 2 is 1.89 bits per heavy atom. The maximum absolute atomic E-state index is 12.2. The predicted molar refractivity (Wildman–Crippen MR) is 101 cm³/mol. The van der Waals surface area contributed by atoms with Crippen LogP contribution in [0.5, 0.6) is 0 Å². The fourth-order valence-electron chi connectivity index (χ4n) is 3.26. The molecule has 4 N–H and O–H groups in total. The number of carboxylic acid groups (broad SMARTS) is 1. The molecule has 8 nitrogen and oxygen atoms in total. The number of urea groups is 1. The minimum absolute atomic E-state index is 0.0236. The number of rotatable bonds is 8. The van der Waals surface area contributed by atoms with E-state index in [1.54, 1.807) is 24.3 Å². The molecule has 0 radical (unpaired) electrons. The van der Waals surface area contributed by atoms with E-state index in [0.29, 0.717) is 17.8 Å². The number of hydrogen-bond acceptors (Lipinski definition) is 4. The normalized spacial score (nSPS) is 21.3. The van der Waals surface area contributed by atoms with Gasteiger partial charge in [-0.15, -0.1) is 0 Å². The highest BCUT2D eigenvalue weighted by molar-refractivity contribution is 5.97. The summed E-state index contributed by atoms with van der Waals surface area (Å²) in [6.07, 6.45) is 3.52. The maximum atomic E-state index is 12.2. The highest BCUT2D eigenvalue weighted by Gasteiger charge is 2.34. The molecule has 146 valence electrons. The number of carboxylic acids is 1. The minimum atomic E-state index is -0.836. The highest BCUT2D eigenvalue weighted by atomic mass is 16.4. The van der Waals surface area contributed by atoms with Crippen LogP contribution in [-0.4, -0.2) is 59.1 Å². The molecule has 0 unspecified atom stereocenters. The van der Waals surface area contributed by atoms with Crippen LogP contribution in [0.25, 0.3) is 0 Å². The van der Waals surface area contributed by atoms with E-state index in [0.717, 1.165) is 25.7 Å². The molecular weight excluding hydrogens is 348 g/mol.